The minimum absolute atomic E-state index is 0.162. The molecule has 1 N–H and O–H groups in total. The van der Waals surface area contributed by atoms with Crippen molar-refractivity contribution >= 4 is 33.4 Å². The van der Waals surface area contributed by atoms with Crippen molar-refractivity contribution in [3.05, 3.63) is 28.2 Å². The smallest absolute Gasteiger partial charge is 0.249 e. The average Bonchev–Trinajstić information content (AvgIpc) is 2.66. The third-order valence-corrected chi connectivity index (χ3v) is 4.38. The molecule has 0 saturated carbocycles. The minimum atomic E-state index is -0.220. The number of nitrogens with zero attached hydrogens (tertiary/aromatic N) is 1. The first kappa shape index (κ1) is 12.7. The molecule has 0 aromatic heterocycles. The second kappa shape index (κ2) is 4.63. The lowest BCUT2D eigenvalue weighted by atomic mass is 10.0. The Morgan fingerprint density at radius 3 is 2.89 bits per heavy atom. The van der Waals surface area contributed by atoms with E-state index in [0.29, 0.717) is 18.8 Å². The van der Waals surface area contributed by atoms with Crippen molar-refractivity contribution in [3.63, 3.8) is 0 Å². The van der Waals surface area contributed by atoms with E-state index in [2.05, 4.69) is 39.1 Å². The Bertz CT molecular complexity index is 558. The molecule has 100 valence electrons. The monoisotopic (exact) mass is 322 g/mol. The molecule has 0 radical (unpaired) electrons. The molecule has 0 spiro atoms. The molecular formula is C14H15BrN2O2. The lowest BCUT2D eigenvalue weighted by Crippen LogP contribution is -2.52. The van der Waals surface area contributed by atoms with Crippen molar-refractivity contribution in [2.24, 2.45) is 0 Å². The molecule has 1 saturated heterocycles. The number of carbonyl (C=O) groups excluding carboxylic acids is 2. The maximum absolute atomic E-state index is 12.0. The van der Waals surface area contributed by atoms with Gasteiger partial charge in [0.15, 0.2) is 0 Å². The van der Waals surface area contributed by atoms with Crippen LogP contribution in [0.1, 0.15) is 31.2 Å². The molecule has 4 nitrogen and oxygen atoms in total. The highest BCUT2D eigenvalue weighted by Gasteiger charge is 2.37. The van der Waals surface area contributed by atoms with E-state index in [1.165, 1.54) is 5.56 Å². The van der Waals surface area contributed by atoms with Crippen molar-refractivity contribution < 1.29 is 9.59 Å². The second-order valence-corrected chi connectivity index (χ2v) is 6.14. The molecule has 2 aliphatic rings. The fraction of sp³-hybridized carbons (Fsp3) is 0.429. The number of carbonyl (C=O) groups is 2. The number of fused-ring (bicyclic) bond motifs is 1. The van der Waals surface area contributed by atoms with Crippen molar-refractivity contribution in [1.82, 2.24) is 5.32 Å². The molecule has 2 atom stereocenters. The van der Waals surface area contributed by atoms with Crippen LogP contribution in [-0.2, 0) is 9.59 Å². The SMILES string of the molecule is CC1CN(C2CCC(=O)NC2=O)c2ccc(Br)cc21. The fourth-order valence-corrected chi connectivity index (χ4v) is 3.33. The zero-order chi connectivity index (χ0) is 13.6. The van der Waals surface area contributed by atoms with Crippen molar-refractivity contribution in [3.8, 4) is 0 Å². The molecule has 2 aliphatic heterocycles. The van der Waals surface area contributed by atoms with E-state index < -0.39 is 0 Å². The maximum atomic E-state index is 12.0. The Hall–Kier alpha value is -1.36. The van der Waals surface area contributed by atoms with E-state index >= 15 is 0 Å². The van der Waals surface area contributed by atoms with Crippen LogP contribution in [0.4, 0.5) is 5.69 Å². The normalized spacial score (nSPS) is 26.3. The molecule has 2 amide bonds. The maximum Gasteiger partial charge on any atom is 0.249 e. The summed E-state index contributed by atoms with van der Waals surface area (Å²) < 4.78 is 1.06. The summed E-state index contributed by atoms with van der Waals surface area (Å²) in [6.45, 7) is 3.00. The van der Waals surface area contributed by atoms with Gasteiger partial charge in [-0.1, -0.05) is 22.9 Å². The van der Waals surface area contributed by atoms with Gasteiger partial charge in [-0.2, -0.15) is 0 Å². The molecule has 3 rings (SSSR count). The minimum Gasteiger partial charge on any atom is -0.359 e. The summed E-state index contributed by atoms with van der Waals surface area (Å²) in [6.07, 6.45) is 1.03. The summed E-state index contributed by atoms with van der Waals surface area (Å²) in [6, 6.07) is 5.94. The Labute approximate surface area is 120 Å². The van der Waals surface area contributed by atoms with Crippen molar-refractivity contribution in [2.45, 2.75) is 31.7 Å². The Balaban J connectivity index is 1.92. The largest absolute Gasteiger partial charge is 0.359 e. The van der Waals surface area contributed by atoms with E-state index in [1.54, 1.807) is 0 Å². The molecule has 2 heterocycles. The standard InChI is InChI=1S/C14H15BrN2O2/c1-8-7-17(11-3-2-9(15)6-10(8)11)12-4-5-13(18)16-14(12)19/h2-3,6,8,12H,4-5,7H2,1H3,(H,16,18,19). The van der Waals surface area contributed by atoms with Gasteiger partial charge in [-0.25, -0.2) is 0 Å². The van der Waals surface area contributed by atoms with Crippen LogP contribution in [-0.4, -0.2) is 24.4 Å². The van der Waals surface area contributed by atoms with Crippen LogP contribution in [0.15, 0.2) is 22.7 Å². The number of amides is 2. The molecule has 19 heavy (non-hydrogen) atoms. The Kier molecular flexibility index (Phi) is 3.09. The lowest BCUT2D eigenvalue weighted by Gasteiger charge is -2.31. The van der Waals surface area contributed by atoms with Crippen LogP contribution in [0.3, 0.4) is 0 Å². The lowest BCUT2D eigenvalue weighted by molar-refractivity contribution is -0.134. The third kappa shape index (κ3) is 2.16. The van der Waals surface area contributed by atoms with Gasteiger partial charge in [-0.3, -0.25) is 14.9 Å². The zero-order valence-electron chi connectivity index (χ0n) is 10.6. The number of rotatable bonds is 1. The number of hydrogen-bond donors (Lipinski definition) is 1. The predicted octanol–water partition coefficient (Wildman–Crippen LogP) is 2.18. The number of benzene rings is 1. The molecule has 5 heteroatoms. The van der Waals surface area contributed by atoms with E-state index in [0.717, 1.165) is 16.7 Å². The molecule has 1 aromatic rings. The van der Waals surface area contributed by atoms with E-state index in [-0.39, 0.29) is 17.9 Å². The van der Waals surface area contributed by atoms with Gasteiger partial charge in [0, 0.05) is 29.0 Å². The van der Waals surface area contributed by atoms with Crippen LogP contribution in [0.5, 0.6) is 0 Å². The van der Waals surface area contributed by atoms with Gasteiger partial charge >= 0.3 is 0 Å². The molecule has 0 bridgehead atoms. The number of nitrogens with one attached hydrogen (secondary N) is 1. The topological polar surface area (TPSA) is 49.4 Å². The molecule has 1 aromatic carbocycles. The van der Waals surface area contributed by atoms with E-state index in [4.69, 9.17) is 0 Å². The molecule has 1 fully saturated rings. The van der Waals surface area contributed by atoms with Gasteiger partial charge in [-0.05, 0) is 30.2 Å². The quantitative estimate of drug-likeness (QED) is 0.806. The number of imide groups is 1. The first-order valence-electron chi connectivity index (χ1n) is 6.46. The average molecular weight is 323 g/mol. The van der Waals surface area contributed by atoms with Crippen molar-refractivity contribution in [1.29, 1.82) is 0 Å². The van der Waals surface area contributed by atoms with Gasteiger partial charge in [0.25, 0.3) is 0 Å². The molecule has 2 unspecified atom stereocenters. The van der Waals surface area contributed by atoms with Crippen LogP contribution in [0, 0.1) is 0 Å². The third-order valence-electron chi connectivity index (χ3n) is 3.89. The van der Waals surface area contributed by atoms with Crippen LogP contribution in [0.25, 0.3) is 0 Å². The van der Waals surface area contributed by atoms with Crippen molar-refractivity contribution in [2.75, 3.05) is 11.4 Å². The number of halogens is 1. The molecule has 0 aliphatic carbocycles. The molecular weight excluding hydrogens is 308 g/mol. The summed E-state index contributed by atoms with van der Waals surface area (Å²) in [5, 5.41) is 2.43. The Morgan fingerprint density at radius 1 is 1.37 bits per heavy atom. The summed E-state index contributed by atoms with van der Waals surface area (Å²) >= 11 is 3.49. The first-order chi connectivity index (χ1) is 9.06. The van der Waals surface area contributed by atoms with Crippen LogP contribution in [0.2, 0.25) is 0 Å². The van der Waals surface area contributed by atoms with E-state index in [9.17, 15) is 9.59 Å². The van der Waals surface area contributed by atoms with Gasteiger partial charge < -0.3 is 4.90 Å². The number of piperidine rings is 1. The highest BCUT2D eigenvalue weighted by Crippen LogP contribution is 2.39. The van der Waals surface area contributed by atoms with Gasteiger partial charge in [0.05, 0.1) is 0 Å². The summed E-state index contributed by atoms with van der Waals surface area (Å²) in [4.78, 5) is 25.4. The second-order valence-electron chi connectivity index (χ2n) is 5.22. The van der Waals surface area contributed by atoms with Crippen LogP contribution < -0.4 is 10.2 Å². The highest BCUT2D eigenvalue weighted by molar-refractivity contribution is 9.10. The predicted molar refractivity (Wildman–Crippen MR) is 76.1 cm³/mol. The van der Waals surface area contributed by atoms with Gasteiger partial charge in [-0.15, -0.1) is 0 Å². The van der Waals surface area contributed by atoms with E-state index in [1.807, 2.05) is 12.1 Å². The Morgan fingerprint density at radius 2 is 2.16 bits per heavy atom. The van der Waals surface area contributed by atoms with Gasteiger partial charge in [0.2, 0.25) is 11.8 Å². The number of anilines is 1. The first-order valence-corrected chi connectivity index (χ1v) is 7.25. The van der Waals surface area contributed by atoms with Gasteiger partial charge in [0.1, 0.15) is 6.04 Å². The van der Waals surface area contributed by atoms with Crippen LogP contribution >= 0.6 is 15.9 Å². The highest BCUT2D eigenvalue weighted by atomic mass is 79.9. The number of hydrogen-bond acceptors (Lipinski definition) is 3. The fourth-order valence-electron chi connectivity index (χ4n) is 2.95. The summed E-state index contributed by atoms with van der Waals surface area (Å²) in [5.41, 5.74) is 2.38. The zero-order valence-corrected chi connectivity index (χ0v) is 12.2. The summed E-state index contributed by atoms with van der Waals surface area (Å²) in [5.74, 6) is 0.0710. The summed E-state index contributed by atoms with van der Waals surface area (Å²) in [7, 11) is 0.